The van der Waals surface area contributed by atoms with Crippen molar-refractivity contribution in [2.24, 2.45) is 0 Å². The topological polar surface area (TPSA) is 46.5 Å². The quantitative estimate of drug-likeness (QED) is 0.791. The van der Waals surface area contributed by atoms with E-state index in [4.69, 9.17) is 4.74 Å². The van der Waals surface area contributed by atoms with E-state index in [-0.39, 0.29) is 18.0 Å². The van der Waals surface area contributed by atoms with Gasteiger partial charge in [0.1, 0.15) is 0 Å². The van der Waals surface area contributed by atoms with Crippen molar-refractivity contribution in [2.75, 3.05) is 13.7 Å². The lowest BCUT2D eigenvalue weighted by Gasteiger charge is -2.41. The number of methoxy groups -OCH3 is 1. The number of hydrogen-bond acceptors (Lipinski definition) is 3. The molecule has 3 nitrogen and oxygen atoms in total. The number of hydrogen-bond donors (Lipinski definition) is 1. The Balaban J connectivity index is 2.43. The van der Waals surface area contributed by atoms with Crippen LogP contribution in [0.4, 0.5) is 0 Å². The van der Waals surface area contributed by atoms with Crippen molar-refractivity contribution in [3.05, 3.63) is 35.4 Å². The Morgan fingerprint density at radius 3 is 2.62 bits per heavy atom. The van der Waals surface area contributed by atoms with Crippen molar-refractivity contribution in [2.45, 2.75) is 24.7 Å². The minimum absolute atomic E-state index is 0.0982. The van der Waals surface area contributed by atoms with Gasteiger partial charge in [0.05, 0.1) is 19.3 Å². The molecule has 1 fully saturated rings. The molecule has 0 atom stereocenters. The molecule has 0 heterocycles. The van der Waals surface area contributed by atoms with Crippen molar-refractivity contribution in [1.82, 2.24) is 0 Å². The van der Waals surface area contributed by atoms with Gasteiger partial charge in [-0.1, -0.05) is 24.6 Å². The van der Waals surface area contributed by atoms with Crippen LogP contribution in [0, 0.1) is 0 Å². The van der Waals surface area contributed by atoms with Gasteiger partial charge < -0.3 is 9.84 Å². The maximum Gasteiger partial charge on any atom is 0.338 e. The maximum absolute atomic E-state index is 11.6. The molecule has 0 aliphatic heterocycles. The van der Waals surface area contributed by atoms with Crippen molar-refractivity contribution in [1.29, 1.82) is 0 Å². The Kier molecular flexibility index (Phi) is 2.97. The van der Waals surface area contributed by atoms with E-state index in [0.29, 0.717) is 5.56 Å². The summed E-state index contributed by atoms with van der Waals surface area (Å²) in [7, 11) is 1.38. The first-order chi connectivity index (χ1) is 7.73. The van der Waals surface area contributed by atoms with E-state index in [2.05, 4.69) is 0 Å². The zero-order chi connectivity index (χ0) is 11.6. The third-order valence-electron chi connectivity index (χ3n) is 3.52. The van der Waals surface area contributed by atoms with Crippen LogP contribution in [-0.4, -0.2) is 24.8 Å². The summed E-state index contributed by atoms with van der Waals surface area (Å²) < 4.78 is 4.76. The second-order valence-electron chi connectivity index (χ2n) is 4.33. The van der Waals surface area contributed by atoms with Gasteiger partial charge >= 0.3 is 5.97 Å². The highest BCUT2D eigenvalue weighted by atomic mass is 16.5. The Bertz CT molecular complexity index is 388. The highest BCUT2D eigenvalue weighted by molar-refractivity contribution is 5.91. The fraction of sp³-hybridized carbons (Fsp3) is 0.462. The van der Waals surface area contributed by atoms with Gasteiger partial charge in [-0.05, 0) is 24.5 Å². The molecule has 1 saturated carbocycles. The van der Waals surface area contributed by atoms with Crippen LogP contribution in [0.25, 0.3) is 0 Å². The molecule has 0 bridgehead atoms. The number of aliphatic hydroxyl groups excluding tert-OH is 1. The summed E-state index contributed by atoms with van der Waals surface area (Å²) in [5, 5.41) is 9.52. The van der Waals surface area contributed by atoms with Crippen molar-refractivity contribution >= 4 is 5.97 Å². The molecule has 16 heavy (non-hydrogen) atoms. The number of rotatable bonds is 3. The molecule has 0 spiro atoms. The fourth-order valence-corrected chi connectivity index (χ4v) is 2.35. The molecular formula is C13H16O3. The van der Waals surface area contributed by atoms with Gasteiger partial charge in [0.15, 0.2) is 0 Å². The number of benzene rings is 1. The third-order valence-corrected chi connectivity index (χ3v) is 3.52. The monoisotopic (exact) mass is 220 g/mol. The Morgan fingerprint density at radius 2 is 2.12 bits per heavy atom. The molecule has 1 aromatic carbocycles. The lowest BCUT2D eigenvalue weighted by molar-refractivity contribution is 0.0589. The first-order valence-electron chi connectivity index (χ1n) is 5.52. The largest absolute Gasteiger partial charge is 0.465 e. The van der Waals surface area contributed by atoms with Crippen LogP contribution in [0.2, 0.25) is 0 Å². The number of esters is 1. The van der Waals surface area contributed by atoms with Crippen LogP contribution in [0.1, 0.15) is 35.2 Å². The number of aliphatic hydroxyl groups is 1. The van der Waals surface area contributed by atoms with Gasteiger partial charge in [-0.3, -0.25) is 0 Å². The maximum atomic E-state index is 11.6. The summed E-state index contributed by atoms with van der Waals surface area (Å²) in [5.41, 5.74) is 1.29. The van der Waals surface area contributed by atoms with Crippen LogP contribution in [0.15, 0.2) is 24.3 Å². The van der Waals surface area contributed by atoms with Crippen LogP contribution in [0.5, 0.6) is 0 Å². The molecule has 0 radical (unpaired) electrons. The zero-order valence-corrected chi connectivity index (χ0v) is 9.40. The van der Waals surface area contributed by atoms with Gasteiger partial charge in [0.25, 0.3) is 0 Å². The lowest BCUT2D eigenvalue weighted by Crippen LogP contribution is -2.39. The molecule has 2 rings (SSSR count). The predicted molar refractivity (Wildman–Crippen MR) is 60.4 cm³/mol. The molecule has 1 N–H and O–H groups in total. The standard InChI is InChI=1S/C13H16O3/c1-16-12(15)10-5-2-3-6-11(10)13(9-14)7-4-8-13/h2-3,5-6,14H,4,7-9H2,1H3. The van der Waals surface area contributed by atoms with Crippen LogP contribution < -0.4 is 0 Å². The molecule has 1 aliphatic rings. The Labute approximate surface area is 95.0 Å². The van der Waals surface area contributed by atoms with E-state index in [1.807, 2.05) is 18.2 Å². The summed E-state index contributed by atoms with van der Waals surface area (Å²) in [4.78, 5) is 11.6. The molecule has 0 aromatic heterocycles. The minimum Gasteiger partial charge on any atom is -0.465 e. The summed E-state index contributed by atoms with van der Waals surface area (Å²) >= 11 is 0. The molecule has 0 saturated heterocycles. The molecule has 0 unspecified atom stereocenters. The van der Waals surface area contributed by atoms with E-state index in [1.54, 1.807) is 6.07 Å². The molecule has 1 aliphatic carbocycles. The van der Waals surface area contributed by atoms with E-state index in [0.717, 1.165) is 24.8 Å². The van der Waals surface area contributed by atoms with Gasteiger partial charge in [0.2, 0.25) is 0 Å². The summed E-state index contributed by atoms with van der Waals surface area (Å²) in [5.74, 6) is -0.324. The minimum atomic E-state index is -0.324. The lowest BCUT2D eigenvalue weighted by atomic mass is 9.64. The van der Waals surface area contributed by atoms with Gasteiger partial charge in [0, 0.05) is 5.41 Å². The van der Waals surface area contributed by atoms with Gasteiger partial charge in [-0.25, -0.2) is 4.79 Å². The van der Waals surface area contributed by atoms with Crippen LogP contribution >= 0.6 is 0 Å². The van der Waals surface area contributed by atoms with Gasteiger partial charge in [-0.2, -0.15) is 0 Å². The van der Waals surface area contributed by atoms with Crippen LogP contribution in [-0.2, 0) is 10.2 Å². The Morgan fingerprint density at radius 1 is 1.44 bits per heavy atom. The first-order valence-corrected chi connectivity index (χ1v) is 5.52. The summed E-state index contributed by atoms with van der Waals surface area (Å²) in [6, 6.07) is 7.40. The molecule has 1 aromatic rings. The van der Waals surface area contributed by atoms with Crippen LogP contribution in [0.3, 0.4) is 0 Å². The second kappa shape index (κ2) is 4.26. The zero-order valence-electron chi connectivity index (χ0n) is 9.40. The third kappa shape index (κ3) is 1.61. The molecule has 3 heteroatoms. The number of ether oxygens (including phenoxy) is 1. The molecule has 0 amide bonds. The predicted octanol–water partition coefficient (Wildman–Crippen LogP) is 1.89. The average Bonchev–Trinajstić information content (AvgIpc) is 2.28. The van der Waals surface area contributed by atoms with Gasteiger partial charge in [-0.15, -0.1) is 0 Å². The fourth-order valence-electron chi connectivity index (χ4n) is 2.35. The normalized spacial score (nSPS) is 17.6. The molecular weight excluding hydrogens is 204 g/mol. The van der Waals surface area contributed by atoms with E-state index >= 15 is 0 Å². The first kappa shape index (κ1) is 11.1. The summed E-state index contributed by atoms with van der Waals surface area (Å²) in [6.07, 6.45) is 2.99. The van der Waals surface area contributed by atoms with E-state index in [9.17, 15) is 9.90 Å². The van der Waals surface area contributed by atoms with E-state index < -0.39 is 0 Å². The van der Waals surface area contributed by atoms with E-state index in [1.165, 1.54) is 7.11 Å². The Hall–Kier alpha value is -1.35. The number of carbonyl (C=O) groups is 1. The number of carbonyl (C=O) groups excluding carboxylic acids is 1. The average molecular weight is 220 g/mol. The van der Waals surface area contributed by atoms with Crippen molar-refractivity contribution in [3.8, 4) is 0 Å². The second-order valence-corrected chi connectivity index (χ2v) is 4.33. The highest BCUT2D eigenvalue weighted by Gasteiger charge is 2.40. The summed E-state index contributed by atoms with van der Waals surface area (Å²) in [6.45, 7) is 0.0982. The highest BCUT2D eigenvalue weighted by Crippen LogP contribution is 2.44. The smallest absolute Gasteiger partial charge is 0.338 e. The van der Waals surface area contributed by atoms with Crippen molar-refractivity contribution in [3.63, 3.8) is 0 Å². The molecule has 86 valence electrons. The SMILES string of the molecule is COC(=O)c1ccccc1C1(CO)CCC1. The van der Waals surface area contributed by atoms with Crippen molar-refractivity contribution < 1.29 is 14.6 Å².